The maximum absolute atomic E-state index is 3.35. The summed E-state index contributed by atoms with van der Waals surface area (Å²) in [7, 11) is 0. The molecule has 1 spiro atoms. The Bertz CT molecular complexity index is 68.2. The zero-order valence-corrected chi connectivity index (χ0v) is 5.04. The van der Waals surface area contributed by atoms with Gasteiger partial charge in [0.25, 0.3) is 0 Å². The van der Waals surface area contributed by atoms with E-state index in [4.69, 9.17) is 0 Å². The molecule has 5 N–H and O–H groups in total. The van der Waals surface area contributed by atoms with Crippen LogP contribution in [-0.2, 0) is 0 Å². The Labute approximate surface area is 49.4 Å². The lowest BCUT2D eigenvalue weighted by Crippen LogP contribution is -2.73. The van der Waals surface area contributed by atoms with Crippen LogP contribution in [0, 0.1) is 0 Å². The van der Waals surface area contributed by atoms with Crippen molar-refractivity contribution in [1.29, 1.82) is 0 Å². The zero-order valence-electron chi connectivity index (χ0n) is 5.04. The van der Waals surface area contributed by atoms with Gasteiger partial charge in [0.05, 0.1) is 5.66 Å². The Morgan fingerprint density at radius 3 is 1.38 bits per heavy atom. The topological polar surface area (TPSA) is 59.1 Å². The molecule has 2 heterocycles. The highest BCUT2D eigenvalue weighted by Crippen LogP contribution is 2.25. The van der Waals surface area contributed by atoms with Crippen LogP contribution in [0.4, 0.5) is 0 Å². The van der Waals surface area contributed by atoms with E-state index in [-0.39, 0.29) is 6.15 Å². The fourth-order valence-corrected chi connectivity index (χ4v) is 1.22. The lowest BCUT2D eigenvalue weighted by molar-refractivity contribution is 0.0756. The Hall–Kier alpha value is -0.120. The van der Waals surface area contributed by atoms with Crippen LogP contribution in [0.1, 0.15) is 12.8 Å². The first-order valence-electron chi connectivity index (χ1n) is 2.91. The van der Waals surface area contributed by atoms with Gasteiger partial charge in [-0.2, -0.15) is 0 Å². The quantitative estimate of drug-likeness (QED) is 0.411. The average Bonchev–Trinajstić information content (AvgIpc) is 1.20. The number of hydrogen-bond acceptors (Lipinski definition) is 3. The van der Waals surface area contributed by atoms with E-state index in [1.165, 1.54) is 25.9 Å². The molecule has 8 heavy (non-hydrogen) atoms. The van der Waals surface area contributed by atoms with Crippen molar-refractivity contribution >= 4 is 0 Å². The van der Waals surface area contributed by atoms with Crippen LogP contribution in [-0.4, -0.2) is 18.8 Å². The molecule has 2 aliphatic heterocycles. The second-order valence-electron chi connectivity index (χ2n) is 2.44. The van der Waals surface area contributed by atoms with Gasteiger partial charge in [0.1, 0.15) is 0 Å². The van der Waals surface area contributed by atoms with Gasteiger partial charge < -0.3 is 6.15 Å². The summed E-state index contributed by atoms with van der Waals surface area (Å²) in [5.41, 5.74) is 0.444. The van der Waals surface area contributed by atoms with Crippen molar-refractivity contribution in [2.24, 2.45) is 0 Å². The molecule has 3 nitrogen and oxygen atoms in total. The van der Waals surface area contributed by atoms with Gasteiger partial charge in [0.2, 0.25) is 0 Å². The minimum absolute atomic E-state index is 0. The molecule has 0 amide bonds. The molecule has 2 rings (SSSR count). The van der Waals surface area contributed by atoms with Crippen molar-refractivity contribution in [1.82, 2.24) is 16.8 Å². The summed E-state index contributed by atoms with van der Waals surface area (Å²) in [6.45, 7) is 2.43. The molecular formula is C5H13N3. The highest BCUT2D eigenvalue weighted by Gasteiger charge is 2.41. The summed E-state index contributed by atoms with van der Waals surface area (Å²) in [6, 6.07) is 0. The Morgan fingerprint density at radius 1 is 1.00 bits per heavy atom. The van der Waals surface area contributed by atoms with Crippen molar-refractivity contribution in [2.45, 2.75) is 18.5 Å². The van der Waals surface area contributed by atoms with E-state index < -0.39 is 0 Å². The van der Waals surface area contributed by atoms with Crippen molar-refractivity contribution < 1.29 is 0 Å². The number of nitrogens with one attached hydrogen (secondary N) is 2. The van der Waals surface area contributed by atoms with Crippen LogP contribution in [0.15, 0.2) is 0 Å². The first kappa shape index (κ1) is 6.01. The predicted molar refractivity (Wildman–Crippen MR) is 33.0 cm³/mol. The molecule has 0 bridgehead atoms. The largest absolute Gasteiger partial charge is 0.344 e. The molecule has 3 heteroatoms. The SMILES string of the molecule is C1CC2(CCN2)N1.N. The maximum atomic E-state index is 3.35. The van der Waals surface area contributed by atoms with E-state index in [9.17, 15) is 0 Å². The smallest absolute Gasteiger partial charge is 0.0711 e. The zero-order chi connectivity index (χ0) is 4.74. The van der Waals surface area contributed by atoms with Crippen molar-refractivity contribution in [3.05, 3.63) is 0 Å². The Morgan fingerprint density at radius 2 is 1.38 bits per heavy atom. The van der Waals surface area contributed by atoms with Gasteiger partial charge in [-0.25, -0.2) is 0 Å². The monoisotopic (exact) mass is 115 g/mol. The lowest BCUT2D eigenvalue weighted by atomic mass is 9.88. The summed E-state index contributed by atoms with van der Waals surface area (Å²) in [5, 5.41) is 6.69. The average molecular weight is 115 g/mol. The van der Waals surface area contributed by atoms with Crippen molar-refractivity contribution in [3.8, 4) is 0 Å². The van der Waals surface area contributed by atoms with Gasteiger partial charge in [-0.1, -0.05) is 0 Å². The number of hydrogen-bond donors (Lipinski definition) is 3. The fraction of sp³-hybridized carbons (Fsp3) is 1.00. The predicted octanol–water partition coefficient (Wildman–Crippen LogP) is -0.169. The first-order valence-corrected chi connectivity index (χ1v) is 2.91. The molecule has 48 valence electrons. The highest BCUT2D eigenvalue weighted by atomic mass is 15.3. The van der Waals surface area contributed by atoms with E-state index >= 15 is 0 Å². The molecule has 0 aromatic heterocycles. The molecule has 2 fully saturated rings. The maximum Gasteiger partial charge on any atom is 0.0711 e. The van der Waals surface area contributed by atoms with Gasteiger partial charge in [-0.15, -0.1) is 0 Å². The van der Waals surface area contributed by atoms with E-state index in [0.29, 0.717) is 5.66 Å². The van der Waals surface area contributed by atoms with Crippen LogP contribution in [0.3, 0.4) is 0 Å². The number of rotatable bonds is 0. The second-order valence-corrected chi connectivity index (χ2v) is 2.44. The molecule has 0 saturated carbocycles. The van der Waals surface area contributed by atoms with E-state index in [1.807, 2.05) is 0 Å². The van der Waals surface area contributed by atoms with Crippen LogP contribution >= 0.6 is 0 Å². The third-order valence-electron chi connectivity index (χ3n) is 2.03. The summed E-state index contributed by atoms with van der Waals surface area (Å²) in [5.74, 6) is 0. The van der Waals surface area contributed by atoms with Gasteiger partial charge in [0.15, 0.2) is 0 Å². The molecule has 0 atom stereocenters. The molecule has 2 aliphatic rings. The van der Waals surface area contributed by atoms with E-state index in [0.717, 1.165) is 0 Å². The third kappa shape index (κ3) is 0.555. The molecule has 0 radical (unpaired) electrons. The highest BCUT2D eigenvalue weighted by molar-refractivity contribution is 5.00. The molecule has 2 saturated heterocycles. The van der Waals surface area contributed by atoms with Gasteiger partial charge >= 0.3 is 0 Å². The molecule has 0 aromatic carbocycles. The fourth-order valence-electron chi connectivity index (χ4n) is 1.22. The molecule has 0 aliphatic carbocycles. The molecule has 0 aromatic rings. The minimum Gasteiger partial charge on any atom is -0.344 e. The van der Waals surface area contributed by atoms with Crippen LogP contribution in [0.5, 0.6) is 0 Å². The van der Waals surface area contributed by atoms with Crippen LogP contribution < -0.4 is 16.8 Å². The molecular weight excluding hydrogens is 102 g/mol. The first-order chi connectivity index (χ1) is 3.41. The summed E-state index contributed by atoms with van der Waals surface area (Å²) in [6.07, 6.45) is 2.68. The minimum atomic E-state index is 0. The van der Waals surface area contributed by atoms with E-state index in [1.54, 1.807) is 0 Å². The van der Waals surface area contributed by atoms with Crippen LogP contribution in [0.2, 0.25) is 0 Å². The van der Waals surface area contributed by atoms with Crippen LogP contribution in [0.25, 0.3) is 0 Å². The summed E-state index contributed by atoms with van der Waals surface area (Å²) >= 11 is 0. The molecule has 0 unspecified atom stereocenters. The van der Waals surface area contributed by atoms with Crippen molar-refractivity contribution in [2.75, 3.05) is 13.1 Å². The Kier molecular flexibility index (Phi) is 1.27. The second kappa shape index (κ2) is 1.69. The van der Waals surface area contributed by atoms with Gasteiger partial charge in [0, 0.05) is 0 Å². The normalized spacial score (nSPS) is 30.0. The van der Waals surface area contributed by atoms with Gasteiger partial charge in [-0.3, -0.25) is 10.6 Å². The third-order valence-corrected chi connectivity index (χ3v) is 2.03. The summed E-state index contributed by atoms with van der Waals surface area (Å²) < 4.78 is 0. The Balaban J connectivity index is 0.000000320. The summed E-state index contributed by atoms with van der Waals surface area (Å²) in [4.78, 5) is 0. The van der Waals surface area contributed by atoms with Crippen molar-refractivity contribution in [3.63, 3.8) is 0 Å². The lowest BCUT2D eigenvalue weighted by Gasteiger charge is -2.51. The van der Waals surface area contributed by atoms with Gasteiger partial charge in [-0.05, 0) is 25.9 Å². The standard InChI is InChI=1S/C5H10N2.H3N/c1-3-6-5(1)2-4-7-5;/h6-7H,1-4H2;1H3. The van der Waals surface area contributed by atoms with E-state index in [2.05, 4.69) is 10.6 Å².